The van der Waals surface area contributed by atoms with Gasteiger partial charge in [-0.25, -0.2) is 9.18 Å². The largest absolute Gasteiger partial charge is 0.478 e. The maximum absolute atomic E-state index is 13.4. The Balaban J connectivity index is 1.90. The molecule has 0 aliphatic heterocycles. The molecule has 5 heteroatoms. The van der Waals surface area contributed by atoms with Crippen molar-refractivity contribution in [3.05, 3.63) is 92.5 Å². The van der Waals surface area contributed by atoms with Crippen molar-refractivity contribution in [3.8, 4) is 0 Å². The van der Waals surface area contributed by atoms with E-state index in [9.17, 15) is 14.3 Å². The number of aromatic carboxylic acids is 1. The number of nitrogens with zero attached hydrogens (tertiary/aromatic N) is 1. The van der Waals surface area contributed by atoms with E-state index >= 15 is 0 Å². The van der Waals surface area contributed by atoms with Crippen LogP contribution in [0.25, 0.3) is 0 Å². The minimum absolute atomic E-state index is 0.275. The molecule has 0 fully saturated rings. The van der Waals surface area contributed by atoms with Gasteiger partial charge in [-0.05, 0) is 69.0 Å². The number of carboxylic acids is 1. The maximum Gasteiger partial charge on any atom is 0.337 e. The van der Waals surface area contributed by atoms with Gasteiger partial charge in [0, 0.05) is 36.6 Å². The Labute approximate surface area is 177 Å². The summed E-state index contributed by atoms with van der Waals surface area (Å²) in [6.07, 6.45) is 0. The first-order valence-electron chi connectivity index (χ1n) is 10.1. The molecule has 3 aromatic rings. The van der Waals surface area contributed by atoms with Crippen LogP contribution in [0.4, 0.5) is 4.39 Å². The Morgan fingerprint density at radius 3 is 2.23 bits per heavy atom. The van der Waals surface area contributed by atoms with Gasteiger partial charge in [-0.1, -0.05) is 29.8 Å². The second kappa shape index (κ2) is 8.84. The molecule has 2 N–H and O–H groups in total. The van der Waals surface area contributed by atoms with Crippen molar-refractivity contribution in [2.45, 2.75) is 54.3 Å². The van der Waals surface area contributed by atoms with Crippen LogP contribution < -0.4 is 5.32 Å². The number of aromatic nitrogens is 1. The molecule has 0 unspecified atom stereocenters. The lowest BCUT2D eigenvalue weighted by Gasteiger charge is -2.16. The van der Waals surface area contributed by atoms with Crippen LogP contribution in [0.3, 0.4) is 0 Å². The van der Waals surface area contributed by atoms with Crippen LogP contribution in [-0.2, 0) is 19.6 Å². The summed E-state index contributed by atoms with van der Waals surface area (Å²) >= 11 is 0. The number of carbonyl (C=O) groups is 1. The van der Waals surface area contributed by atoms with Gasteiger partial charge in [0.15, 0.2) is 0 Å². The molecule has 158 valence electrons. The predicted molar refractivity (Wildman–Crippen MR) is 118 cm³/mol. The molecule has 30 heavy (non-hydrogen) atoms. The van der Waals surface area contributed by atoms with Gasteiger partial charge in [-0.15, -0.1) is 0 Å². The van der Waals surface area contributed by atoms with Gasteiger partial charge in [0.2, 0.25) is 0 Å². The third-order valence-electron chi connectivity index (χ3n) is 5.80. The quantitative estimate of drug-likeness (QED) is 0.565. The summed E-state index contributed by atoms with van der Waals surface area (Å²) in [6, 6.07) is 10.7. The first kappa shape index (κ1) is 21.8. The monoisotopic (exact) mass is 408 g/mol. The van der Waals surface area contributed by atoms with Crippen LogP contribution in [0.1, 0.15) is 55.1 Å². The van der Waals surface area contributed by atoms with E-state index in [0.29, 0.717) is 25.2 Å². The van der Waals surface area contributed by atoms with Gasteiger partial charge in [-0.2, -0.15) is 0 Å². The van der Waals surface area contributed by atoms with E-state index < -0.39 is 5.97 Å². The smallest absolute Gasteiger partial charge is 0.337 e. The summed E-state index contributed by atoms with van der Waals surface area (Å²) in [7, 11) is 0. The highest BCUT2D eigenvalue weighted by atomic mass is 19.1. The van der Waals surface area contributed by atoms with Crippen LogP contribution in [0.15, 0.2) is 36.4 Å². The molecule has 0 radical (unpaired) electrons. The number of carboxylic acid groups (broad SMARTS) is 1. The summed E-state index contributed by atoms with van der Waals surface area (Å²) in [5, 5.41) is 13.1. The van der Waals surface area contributed by atoms with Crippen molar-refractivity contribution >= 4 is 5.97 Å². The number of aryl methyl sites for hydroxylation is 3. The molecule has 0 bridgehead atoms. The first-order valence-corrected chi connectivity index (χ1v) is 10.1. The molecule has 3 rings (SSSR count). The van der Waals surface area contributed by atoms with Gasteiger partial charge in [-0.3, -0.25) is 0 Å². The molecule has 0 spiro atoms. The fraction of sp³-hybridized carbons (Fsp3) is 0.320. The van der Waals surface area contributed by atoms with Crippen LogP contribution >= 0.6 is 0 Å². The molecule has 2 aromatic carbocycles. The average Bonchev–Trinajstić information content (AvgIpc) is 2.88. The van der Waals surface area contributed by atoms with E-state index in [1.807, 2.05) is 19.9 Å². The minimum atomic E-state index is -0.922. The lowest BCUT2D eigenvalue weighted by molar-refractivity contribution is 0.0694. The van der Waals surface area contributed by atoms with E-state index in [1.165, 1.54) is 34.4 Å². The van der Waals surface area contributed by atoms with Crippen molar-refractivity contribution < 1.29 is 14.3 Å². The van der Waals surface area contributed by atoms with Crippen LogP contribution in [0, 0.1) is 40.4 Å². The van der Waals surface area contributed by atoms with Crippen molar-refractivity contribution in [2.24, 2.45) is 0 Å². The second-order valence-electron chi connectivity index (χ2n) is 8.03. The second-order valence-corrected chi connectivity index (χ2v) is 8.03. The number of hydrogen-bond acceptors (Lipinski definition) is 2. The predicted octanol–water partition coefficient (Wildman–Crippen LogP) is 5.21. The standard InChI is InChI=1S/C25H29FN2O2/c1-15-9-16(2)23(17(3)10-15)14-28-18(4)22(24(19(28)5)25(29)30)13-27-12-20-7-6-8-21(26)11-20/h6-11,27H,12-14H2,1-5H3,(H,29,30). The number of halogens is 1. The number of hydrogen-bond donors (Lipinski definition) is 2. The summed E-state index contributed by atoms with van der Waals surface area (Å²) in [6.45, 7) is 11.6. The Morgan fingerprint density at radius 1 is 0.967 bits per heavy atom. The zero-order chi connectivity index (χ0) is 22.0. The average molecular weight is 409 g/mol. The number of benzene rings is 2. The van der Waals surface area contributed by atoms with Crippen molar-refractivity contribution in [3.63, 3.8) is 0 Å². The molecular weight excluding hydrogens is 379 g/mol. The topological polar surface area (TPSA) is 54.3 Å². The molecule has 0 aliphatic carbocycles. The zero-order valence-electron chi connectivity index (χ0n) is 18.3. The van der Waals surface area contributed by atoms with Crippen LogP contribution in [0.2, 0.25) is 0 Å². The third kappa shape index (κ3) is 4.46. The molecule has 0 saturated heterocycles. The molecule has 0 saturated carbocycles. The van der Waals surface area contributed by atoms with Crippen molar-refractivity contribution in [1.29, 1.82) is 0 Å². The molecule has 0 aliphatic rings. The summed E-state index contributed by atoms with van der Waals surface area (Å²) in [5.41, 5.74) is 8.51. The number of rotatable bonds is 7. The lowest BCUT2D eigenvalue weighted by atomic mass is 9.99. The minimum Gasteiger partial charge on any atom is -0.478 e. The Morgan fingerprint density at radius 2 is 1.63 bits per heavy atom. The third-order valence-corrected chi connectivity index (χ3v) is 5.80. The maximum atomic E-state index is 13.4. The molecular formula is C25H29FN2O2. The lowest BCUT2D eigenvalue weighted by Crippen LogP contribution is -2.15. The van der Waals surface area contributed by atoms with E-state index in [1.54, 1.807) is 6.07 Å². The van der Waals surface area contributed by atoms with E-state index in [2.05, 4.69) is 42.8 Å². The van der Waals surface area contributed by atoms with Crippen molar-refractivity contribution in [1.82, 2.24) is 9.88 Å². The molecule has 0 amide bonds. The first-order chi connectivity index (χ1) is 14.2. The fourth-order valence-electron chi connectivity index (χ4n) is 4.28. The van der Waals surface area contributed by atoms with E-state index in [4.69, 9.17) is 0 Å². The zero-order valence-corrected chi connectivity index (χ0v) is 18.3. The van der Waals surface area contributed by atoms with Gasteiger partial charge in [0.1, 0.15) is 5.82 Å². The molecule has 4 nitrogen and oxygen atoms in total. The van der Waals surface area contributed by atoms with E-state index in [0.717, 1.165) is 22.5 Å². The number of nitrogens with one attached hydrogen (secondary N) is 1. The Bertz CT molecular complexity index is 1080. The van der Waals surface area contributed by atoms with Gasteiger partial charge >= 0.3 is 5.97 Å². The van der Waals surface area contributed by atoms with E-state index in [-0.39, 0.29) is 5.82 Å². The highest BCUT2D eigenvalue weighted by molar-refractivity contribution is 5.91. The molecule has 0 atom stereocenters. The normalized spacial score (nSPS) is 11.1. The summed E-state index contributed by atoms with van der Waals surface area (Å²) < 4.78 is 15.5. The van der Waals surface area contributed by atoms with Crippen molar-refractivity contribution in [2.75, 3.05) is 0 Å². The van der Waals surface area contributed by atoms with Gasteiger partial charge in [0.25, 0.3) is 0 Å². The summed E-state index contributed by atoms with van der Waals surface area (Å²) in [5.74, 6) is -1.20. The van der Waals surface area contributed by atoms with Crippen LogP contribution in [0.5, 0.6) is 0 Å². The molecule has 1 aromatic heterocycles. The molecule has 1 heterocycles. The van der Waals surface area contributed by atoms with Gasteiger partial charge in [0.05, 0.1) is 5.56 Å². The highest BCUT2D eigenvalue weighted by Gasteiger charge is 2.23. The SMILES string of the molecule is Cc1cc(C)c(Cn2c(C)c(CNCc3cccc(F)c3)c(C(=O)O)c2C)c(C)c1. The Kier molecular flexibility index (Phi) is 6.42. The van der Waals surface area contributed by atoms with Gasteiger partial charge < -0.3 is 15.0 Å². The van der Waals surface area contributed by atoms with Crippen LogP contribution in [-0.4, -0.2) is 15.6 Å². The highest BCUT2D eigenvalue weighted by Crippen LogP contribution is 2.26. The summed E-state index contributed by atoms with van der Waals surface area (Å²) in [4.78, 5) is 12.0. The Hall–Kier alpha value is -2.92. The fourth-order valence-corrected chi connectivity index (χ4v) is 4.28.